The zero-order valence-electron chi connectivity index (χ0n) is 16.3. The molecule has 7 nitrogen and oxygen atoms in total. The van der Waals surface area contributed by atoms with Crippen molar-refractivity contribution < 1.29 is 9.53 Å². The molecule has 1 aliphatic rings. The van der Waals surface area contributed by atoms with Crippen molar-refractivity contribution in [3.8, 4) is 22.8 Å². The van der Waals surface area contributed by atoms with Crippen LogP contribution in [-0.4, -0.2) is 56.0 Å². The molecule has 150 valence electrons. The first-order chi connectivity index (χ1) is 14.3. The summed E-state index contributed by atoms with van der Waals surface area (Å²) < 4.78 is 7.79. The zero-order valence-corrected chi connectivity index (χ0v) is 17.1. The summed E-state index contributed by atoms with van der Waals surface area (Å²) in [5.74, 6) is 1.89. The molecule has 3 aromatic rings. The largest absolute Gasteiger partial charge is 0.492 e. The maximum absolute atomic E-state index is 12.5. The maximum Gasteiger partial charge on any atom is 0.233 e. The summed E-state index contributed by atoms with van der Waals surface area (Å²) in [6, 6.07) is 11.6. The van der Waals surface area contributed by atoms with Gasteiger partial charge in [-0.15, -0.1) is 10.2 Å². The molecular formula is C21H23N5O2S. The van der Waals surface area contributed by atoms with Gasteiger partial charge in [-0.3, -0.25) is 14.3 Å². The lowest BCUT2D eigenvalue weighted by atomic mass is 10.2. The van der Waals surface area contributed by atoms with Gasteiger partial charge in [0.15, 0.2) is 11.0 Å². The van der Waals surface area contributed by atoms with Gasteiger partial charge in [0.05, 0.1) is 18.0 Å². The Morgan fingerprint density at radius 3 is 2.72 bits per heavy atom. The van der Waals surface area contributed by atoms with Crippen molar-refractivity contribution in [2.24, 2.45) is 0 Å². The molecule has 0 saturated carbocycles. The number of thioether (sulfide) groups is 1. The molecule has 0 aliphatic carbocycles. The van der Waals surface area contributed by atoms with Crippen LogP contribution in [0.5, 0.6) is 5.75 Å². The first-order valence-corrected chi connectivity index (χ1v) is 10.7. The van der Waals surface area contributed by atoms with Gasteiger partial charge in [0.1, 0.15) is 5.75 Å². The van der Waals surface area contributed by atoms with E-state index in [1.165, 1.54) is 11.8 Å². The van der Waals surface area contributed by atoms with Gasteiger partial charge in [0, 0.05) is 31.0 Å². The molecule has 1 fully saturated rings. The minimum Gasteiger partial charge on any atom is -0.492 e. The van der Waals surface area contributed by atoms with Crippen LogP contribution in [0.15, 0.2) is 53.9 Å². The topological polar surface area (TPSA) is 73.1 Å². The Labute approximate surface area is 174 Å². The highest BCUT2D eigenvalue weighted by Crippen LogP contribution is 2.32. The monoisotopic (exact) mass is 409 g/mol. The second-order valence-electron chi connectivity index (χ2n) is 6.66. The molecule has 1 amide bonds. The molecular weight excluding hydrogens is 386 g/mol. The van der Waals surface area contributed by atoms with Crippen LogP contribution in [0, 0.1) is 0 Å². The molecule has 2 aromatic heterocycles. The number of nitrogens with zero attached hydrogens (tertiary/aromatic N) is 5. The van der Waals surface area contributed by atoms with E-state index in [-0.39, 0.29) is 5.91 Å². The van der Waals surface area contributed by atoms with Crippen molar-refractivity contribution in [2.45, 2.75) is 24.9 Å². The first-order valence-electron chi connectivity index (χ1n) is 9.76. The molecule has 29 heavy (non-hydrogen) atoms. The number of carbonyl (C=O) groups excluding carboxylic acids is 1. The molecule has 0 bridgehead atoms. The number of pyridine rings is 1. The molecule has 8 heteroatoms. The fourth-order valence-corrected chi connectivity index (χ4v) is 4.21. The number of ether oxygens (including phenoxy) is 1. The highest BCUT2D eigenvalue weighted by Gasteiger charge is 2.22. The van der Waals surface area contributed by atoms with E-state index in [1.807, 2.05) is 52.8 Å². The quantitative estimate of drug-likeness (QED) is 0.557. The van der Waals surface area contributed by atoms with Crippen LogP contribution < -0.4 is 4.74 Å². The number of para-hydroxylation sites is 2. The van der Waals surface area contributed by atoms with Crippen LogP contribution in [-0.2, 0) is 4.79 Å². The molecule has 0 unspecified atom stereocenters. The van der Waals surface area contributed by atoms with E-state index in [9.17, 15) is 4.79 Å². The van der Waals surface area contributed by atoms with Gasteiger partial charge in [-0.1, -0.05) is 23.9 Å². The van der Waals surface area contributed by atoms with Crippen molar-refractivity contribution in [2.75, 3.05) is 25.4 Å². The summed E-state index contributed by atoms with van der Waals surface area (Å²) in [7, 11) is 0. The van der Waals surface area contributed by atoms with E-state index in [2.05, 4.69) is 15.2 Å². The minimum atomic E-state index is 0.142. The second-order valence-corrected chi connectivity index (χ2v) is 7.60. The van der Waals surface area contributed by atoms with E-state index >= 15 is 0 Å². The Morgan fingerprint density at radius 1 is 1.14 bits per heavy atom. The Bertz CT molecular complexity index is 970. The molecule has 0 N–H and O–H groups in total. The van der Waals surface area contributed by atoms with Crippen molar-refractivity contribution in [1.29, 1.82) is 0 Å². The molecule has 4 rings (SSSR count). The molecule has 1 aliphatic heterocycles. The van der Waals surface area contributed by atoms with Crippen molar-refractivity contribution in [3.05, 3.63) is 48.8 Å². The zero-order chi connectivity index (χ0) is 20.1. The summed E-state index contributed by atoms with van der Waals surface area (Å²) >= 11 is 1.40. The number of benzene rings is 1. The number of rotatable bonds is 7. The van der Waals surface area contributed by atoms with Gasteiger partial charge in [0.2, 0.25) is 5.91 Å². The fraction of sp³-hybridized carbons (Fsp3) is 0.333. The summed E-state index contributed by atoms with van der Waals surface area (Å²) in [6.45, 7) is 4.20. The van der Waals surface area contributed by atoms with Crippen LogP contribution in [0.2, 0.25) is 0 Å². The molecule has 1 saturated heterocycles. The van der Waals surface area contributed by atoms with Gasteiger partial charge < -0.3 is 9.64 Å². The highest BCUT2D eigenvalue weighted by molar-refractivity contribution is 7.99. The first kappa shape index (κ1) is 19.4. The van der Waals surface area contributed by atoms with Gasteiger partial charge in [0.25, 0.3) is 0 Å². The molecule has 0 spiro atoms. The van der Waals surface area contributed by atoms with Crippen LogP contribution in [0.1, 0.15) is 19.8 Å². The second kappa shape index (κ2) is 9.09. The molecule has 1 aromatic carbocycles. The van der Waals surface area contributed by atoms with Crippen LogP contribution in [0.25, 0.3) is 17.1 Å². The van der Waals surface area contributed by atoms with Gasteiger partial charge >= 0.3 is 0 Å². The standard InChI is InChI=1S/C21H23N5O2S/c1-2-28-18-10-4-3-9-17(18)26-20(16-8-7-11-22-14-16)23-24-21(26)29-15-19(27)25-12-5-6-13-25/h3-4,7-11,14H,2,5-6,12-13,15H2,1H3. The third-order valence-electron chi connectivity index (χ3n) is 4.74. The number of aromatic nitrogens is 4. The fourth-order valence-electron chi connectivity index (χ4n) is 3.37. The lowest BCUT2D eigenvalue weighted by Gasteiger charge is -2.16. The molecule has 0 radical (unpaired) electrons. The average molecular weight is 410 g/mol. The van der Waals surface area contributed by atoms with E-state index in [4.69, 9.17) is 4.74 Å². The number of likely N-dealkylation sites (tertiary alicyclic amines) is 1. The number of carbonyl (C=O) groups is 1. The summed E-state index contributed by atoms with van der Waals surface area (Å²) in [5.41, 5.74) is 1.69. The third-order valence-corrected chi connectivity index (χ3v) is 5.66. The Balaban J connectivity index is 1.70. The van der Waals surface area contributed by atoms with E-state index in [1.54, 1.807) is 12.4 Å². The Morgan fingerprint density at radius 2 is 1.97 bits per heavy atom. The average Bonchev–Trinajstić information content (AvgIpc) is 3.44. The predicted molar refractivity (Wildman–Crippen MR) is 112 cm³/mol. The number of hydrogen-bond donors (Lipinski definition) is 0. The van der Waals surface area contributed by atoms with Gasteiger partial charge in [-0.05, 0) is 44.0 Å². The number of amides is 1. The van der Waals surface area contributed by atoms with E-state index in [0.717, 1.165) is 42.9 Å². The number of hydrogen-bond acceptors (Lipinski definition) is 6. The Hall–Kier alpha value is -2.87. The summed E-state index contributed by atoms with van der Waals surface area (Å²) in [5, 5.41) is 9.46. The van der Waals surface area contributed by atoms with Crippen LogP contribution in [0.3, 0.4) is 0 Å². The van der Waals surface area contributed by atoms with Gasteiger partial charge in [-0.2, -0.15) is 0 Å². The minimum absolute atomic E-state index is 0.142. The van der Waals surface area contributed by atoms with Crippen LogP contribution >= 0.6 is 11.8 Å². The predicted octanol–water partition coefficient (Wildman–Crippen LogP) is 3.44. The highest BCUT2D eigenvalue weighted by atomic mass is 32.2. The normalized spacial score (nSPS) is 13.6. The molecule has 3 heterocycles. The van der Waals surface area contributed by atoms with E-state index < -0.39 is 0 Å². The SMILES string of the molecule is CCOc1ccccc1-n1c(SCC(=O)N2CCCC2)nnc1-c1cccnc1. The lowest BCUT2D eigenvalue weighted by molar-refractivity contribution is -0.127. The Kier molecular flexibility index (Phi) is 6.09. The lowest BCUT2D eigenvalue weighted by Crippen LogP contribution is -2.29. The van der Waals surface area contributed by atoms with Gasteiger partial charge in [-0.25, -0.2) is 0 Å². The van der Waals surface area contributed by atoms with E-state index in [0.29, 0.717) is 23.3 Å². The summed E-state index contributed by atoms with van der Waals surface area (Å²) in [4.78, 5) is 18.7. The molecule has 0 atom stereocenters. The van der Waals surface area contributed by atoms with Crippen molar-refractivity contribution in [3.63, 3.8) is 0 Å². The summed E-state index contributed by atoms with van der Waals surface area (Å²) in [6.07, 6.45) is 5.65. The maximum atomic E-state index is 12.5. The van der Waals surface area contributed by atoms with Crippen LogP contribution in [0.4, 0.5) is 0 Å². The smallest absolute Gasteiger partial charge is 0.233 e. The van der Waals surface area contributed by atoms with Crippen molar-refractivity contribution >= 4 is 17.7 Å². The third kappa shape index (κ3) is 4.27. The van der Waals surface area contributed by atoms with Crippen molar-refractivity contribution in [1.82, 2.24) is 24.6 Å².